The molecule has 0 radical (unpaired) electrons. The minimum absolute atomic E-state index is 0.0261. The van der Waals surface area contributed by atoms with Gasteiger partial charge in [0.1, 0.15) is 6.33 Å². The van der Waals surface area contributed by atoms with E-state index in [9.17, 15) is 0 Å². The Labute approximate surface area is 100 Å². The summed E-state index contributed by atoms with van der Waals surface area (Å²) in [4.78, 5) is 5.02. The second-order valence-electron chi connectivity index (χ2n) is 2.72. The number of rotatable bonds is 3. The molecule has 1 heterocycles. The Balaban J connectivity index is 2.28. The molecule has 3 nitrogen and oxygen atoms in total. The molecule has 0 amide bonds. The van der Waals surface area contributed by atoms with Crippen molar-refractivity contribution in [2.24, 2.45) is 0 Å². The lowest BCUT2D eigenvalue weighted by Gasteiger charge is -2.04. The van der Waals surface area contributed by atoms with Gasteiger partial charge < -0.3 is 5.11 Å². The van der Waals surface area contributed by atoms with Crippen molar-refractivity contribution in [3.63, 3.8) is 0 Å². The highest BCUT2D eigenvalue weighted by Gasteiger charge is 2.06. The number of hydrogen-bond donors (Lipinski definition) is 1. The van der Waals surface area contributed by atoms with Gasteiger partial charge in [-0.3, -0.25) is 0 Å². The van der Waals surface area contributed by atoms with Gasteiger partial charge in [0.25, 0.3) is 0 Å². The normalized spacial score (nSPS) is 10.5. The molecule has 15 heavy (non-hydrogen) atoms. The molecule has 78 valence electrons. The molecular weight excluding hydrogens is 252 g/mol. The quantitative estimate of drug-likeness (QED) is 0.920. The zero-order valence-electron chi connectivity index (χ0n) is 7.55. The van der Waals surface area contributed by atoms with Gasteiger partial charge in [0.2, 0.25) is 0 Å². The zero-order chi connectivity index (χ0) is 10.7. The molecule has 0 unspecified atom stereocenters. The lowest BCUT2D eigenvalue weighted by molar-refractivity contribution is 0.279. The number of benzene rings is 1. The maximum Gasteiger partial charge on any atom is 0.174 e. The number of hydrogen-bond acceptors (Lipinski definition) is 5. The number of halogens is 1. The maximum atomic E-state index is 9.17. The third-order valence-corrected chi connectivity index (χ3v) is 3.80. The summed E-state index contributed by atoms with van der Waals surface area (Å²) in [6, 6.07) is 5.43. The van der Waals surface area contributed by atoms with Crippen molar-refractivity contribution >= 4 is 34.9 Å². The van der Waals surface area contributed by atoms with Crippen LogP contribution in [0, 0.1) is 0 Å². The number of aliphatic hydroxyl groups excluding tert-OH is 1. The molecule has 0 atom stereocenters. The molecule has 1 aromatic carbocycles. The van der Waals surface area contributed by atoms with Crippen molar-refractivity contribution in [1.82, 2.24) is 9.36 Å². The molecule has 0 fully saturated rings. The standard InChI is InChI=1S/C9H7ClN2OS2/c10-7-1-2-8(6(3-7)4-13)14-9-11-5-12-15-9/h1-3,5,13H,4H2. The van der Waals surface area contributed by atoms with E-state index in [-0.39, 0.29) is 6.61 Å². The first-order chi connectivity index (χ1) is 7.29. The van der Waals surface area contributed by atoms with Crippen LogP contribution < -0.4 is 0 Å². The van der Waals surface area contributed by atoms with E-state index in [2.05, 4.69) is 9.36 Å². The average molecular weight is 259 g/mol. The van der Waals surface area contributed by atoms with Gasteiger partial charge in [-0.05, 0) is 35.3 Å². The summed E-state index contributed by atoms with van der Waals surface area (Å²) < 4.78 is 4.77. The van der Waals surface area contributed by atoms with Crippen LogP contribution in [-0.4, -0.2) is 14.5 Å². The van der Waals surface area contributed by atoms with Crippen molar-refractivity contribution < 1.29 is 5.11 Å². The molecule has 0 saturated carbocycles. The first-order valence-electron chi connectivity index (χ1n) is 4.13. The minimum Gasteiger partial charge on any atom is -0.392 e. The van der Waals surface area contributed by atoms with E-state index in [0.29, 0.717) is 5.02 Å². The van der Waals surface area contributed by atoms with Gasteiger partial charge >= 0.3 is 0 Å². The van der Waals surface area contributed by atoms with Gasteiger partial charge in [0.05, 0.1) is 6.61 Å². The largest absolute Gasteiger partial charge is 0.392 e. The second kappa shape index (κ2) is 4.94. The molecule has 1 aromatic heterocycles. The van der Waals surface area contributed by atoms with E-state index in [0.717, 1.165) is 14.8 Å². The number of aromatic nitrogens is 2. The van der Waals surface area contributed by atoms with Gasteiger partial charge in [-0.15, -0.1) is 0 Å². The Hall–Kier alpha value is -0.620. The Kier molecular flexibility index (Phi) is 3.58. The molecule has 0 spiro atoms. The summed E-state index contributed by atoms with van der Waals surface area (Å²) in [6.45, 7) is -0.0261. The Morgan fingerprint density at radius 2 is 2.33 bits per heavy atom. The summed E-state index contributed by atoms with van der Waals surface area (Å²) in [5.41, 5.74) is 0.808. The lowest BCUT2D eigenvalue weighted by Crippen LogP contribution is -1.87. The van der Waals surface area contributed by atoms with Crippen molar-refractivity contribution in [3.8, 4) is 0 Å². The highest BCUT2D eigenvalue weighted by atomic mass is 35.5. The fraction of sp³-hybridized carbons (Fsp3) is 0.111. The molecule has 2 rings (SSSR count). The smallest absolute Gasteiger partial charge is 0.174 e. The fourth-order valence-corrected chi connectivity index (χ4v) is 2.77. The maximum absolute atomic E-state index is 9.17. The van der Waals surface area contributed by atoms with Crippen LogP contribution >= 0.6 is 34.9 Å². The van der Waals surface area contributed by atoms with Crippen LogP contribution in [-0.2, 0) is 6.61 Å². The summed E-state index contributed by atoms with van der Waals surface area (Å²) in [5.74, 6) is 0. The fourth-order valence-electron chi connectivity index (χ4n) is 1.07. The van der Waals surface area contributed by atoms with Crippen LogP contribution in [0.5, 0.6) is 0 Å². The molecule has 0 saturated heterocycles. The van der Waals surface area contributed by atoms with Gasteiger partial charge in [0.15, 0.2) is 4.34 Å². The topological polar surface area (TPSA) is 46.0 Å². The Morgan fingerprint density at radius 3 is 3.00 bits per heavy atom. The van der Waals surface area contributed by atoms with E-state index in [1.807, 2.05) is 6.07 Å². The van der Waals surface area contributed by atoms with E-state index < -0.39 is 0 Å². The second-order valence-corrected chi connectivity index (χ2v) is 5.22. The third-order valence-electron chi connectivity index (χ3n) is 1.73. The molecule has 0 aliphatic heterocycles. The van der Waals surface area contributed by atoms with E-state index in [4.69, 9.17) is 16.7 Å². The molecule has 6 heteroatoms. The molecule has 0 bridgehead atoms. The lowest BCUT2D eigenvalue weighted by atomic mass is 10.2. The van der Waals surface area contributed by atoms with Gasteiger partial charge in [-0.2, -0.15) is 4.37 Å². The van der Waals surface area contributed by atoms with Crippen molar-refractivity contribution in [3.05, 3.63) is 35.1 Å². The van der Waals surface area contributed by atoms with Gasteiger partial charge in [0, 0.05) is 9.92 Å². The van der Waals surface area contributed by atoms with E-state index >= 15 is 0 Å². The van der Waals surface area contributed by atoms with Crippen LogP contribution in [0.25, 0.3) is 0 Å². The predicted octanol–water partition coefficient (Wildman–Crippen LogP) is 2.84. The summed E-state index contributed by atoms with van der Waals surface area (Å²) >= 11 is 8.64. The highest BCUT2D eigenvalue weighted by Crippen LogP contribution is 2.32. The van der Waals surface area contributed by atoms with E-state index in [1.54, 1.807) is 12.1 Å². The van der Waals surface area contributed by atoms with Gasteiger partial charge in [-0.1, -0.05) is 23.4 Å². The highest BCUT2D eigenvalue weighted by molar-refractivity contribution is 8.01. The summed E-state index contributed by atoms with van der Waals surface area (Å²) in [6.07, 6.45) is 1.52. The van der Waals surface area contributed by atoms with Crippen LogP contribution in [0.15, 0.2) is 33.8 Å². The van der Waals surface area contributed by atoms with Crippen LogP contribution in [0.3, 0.4) is 0 Å². The van der Waals surface area contributed by atoms with Crippen molar-refractivity contribution in [1.29, 1.82) is 0 Å². The van der Waals surface area contributed by atoms with Crippen LogP contribution in [0.1, 0.15) is 5.56 Å². The minimum atomic E-state index is -0.0261. The first kappa shape index (κ1) is 10.9. The Morgan fingerprint density at radius 1 is 1.47 bits per heavy atom. The first-order valence-corrected chi connectivity index (χ1v) is 6.10. The van der Waals surface area contributed by atoms with Gasteiger partial charge in [-0.25, -0.2) is 4.98 Å². The average Bonchev–Trinajstić information content (AvgIpc) is 2.73. The molecule has 0 aliphatic carbocycles. The van der Waals surface area contributed by atoms with Crippen LogP contribution in [0.2, 0.25) is 5.02 Å². The van der Waals surface area contributed by atoms with Crippen LogP contribution in [0.4, 0.5) is 0 Å². The van der Waals surface area contributed by atoms with E-state index in [1.165, 1.54) is 29.6 Å². The molecule has 2 aromatic rings. The van der Waals surface area contributed by atoms with Crippen molar-refractivity contribution in [2.75, 3.05) is 0 Å². The summed E-state index contributed by atoms with van der Waals surface area (Å²) in [7, 11) is 0. The number of aliphatic hydroxyl groups is 1. The third kappa shape index (κ3) is 2.69. The zero-order valence-corrected chi connectivity index (χ0v) is 9.94. The summed E-state index contributed by atoms with van der Waals surface area (Å²) in [5, 5.41) is 9.79. The SMILES string of the molecule is OCc1cc(Cl)ccc1Sc1ncns1. The molecular formula is C9H7ClN2OS2. The molecule has 0 aliphatic rings. The predicted molar refractivity (Wildman–Crippen MR) is 61.4 cm³/mol. The number of nitrogens with zero attached hydrogens (tertiary/aromatic N) is 2. The monoisotopic (exact) mass is 258 g/mol. The Bertz CT molecular complexity index is 447. The van der Waals surface area contributed by atoms with Crippen molar-refractivity contribution in [2.45, 2.75) is 15.8 Å². The molecule has 1 N–H and O–H groups in total.